The SMILES string of the molecule is COc1cc(CN2CCN(C3CC4(CCNCC4)C3)CC2)ccc1C. The lowest BCUT2D eigenvalue weighted by molar-refractivity contribution is -0.0386. The van der Waals surface area contributed by atoms with Crippen LogP contribution in [-0.2, 0) is 6.54 Å². The Hall–Kier alpha value is -1.10. The fourth-order valence-electron chi connectivity index (χ4n) is 5.07. The van der Waals surface area contributed by atoms with Crippen LogP contribution < -0.4 is 10.1 Å². The molecule has 0 bridgehead atoms. The Balaban J connectivity index is 1.25. The lowest BCUT2D eigenvalue weighted by Gasteiger charge is -2.55. The van der Waals surface area contributed by atoms with Crippen molar-refractivity contribution in [2.75, 3.05) is 46.4 Å². The van der Waals surface area contributed by atoms with E-state index in [-0.39, 0.29) is 0 Å². The summed E-state index contributed by atoms with van der Waals surface area (Å²) in [6.07, 6.45) is 5.70. The quantitative estimate of drug-likeness (QED) is 0.910. The molecule has 25 heavy (non-hydrogen) atoms. The summed E-state index contributed by atoms with van der Waals surface area (Å²) in [6.45, 7) is 10.5. The average molecular weight is 344 g/mol. The molecule has 2 heterocycles. The summed E-state index contributed by atoms with van der Waals surface area (Å²) >= 11 is 0. The van der Waals surface area contributed by atoms with Crippen LogP contribution in [0.1, 0.15) is 36.8 Å². The van der Waals surface area contributed by atoms with Crippen LogP contribution in [0.3, 0.4) is 0 Å². The first kappa shape index (κ1) is 17.3. The van der Waals surface area contributed by atoms with E-state index in [0.717, 1.165) is 18.3 Å². The molecule has 4 nitrogen and oxygen atoms in total. The zero-order chi connectivity index (χ0) is 17.3. The number of nitrogens with one attached hydrogen (secondary N) is 1. The zero-order valence-electron chi connectivity index (χ0n) is 15.9. The molecule has 0 atom stereocenters. The van der Waals surface area contributed by atoms with Gasteiger partial charge in [-0.25, -0.2) is 0 Å². The molecule has 4 rings (SSSR count). The van der Waals surface area contributed by atoms with E-state index in [1.54, 1.807) is 7.11 Å². The van der Waals surface area contributed by atoms with Gasteiger partial charge < -0.3 is 10.1 Å². The molecule has 0 aromatic heterocycles. The van der Waals surface area contributed by atoms with Crippen LogP contribution in [0.2, 0.25) is 0 Å². The highest BCUT2D eigenvalue weighted by molar-refractivity contribution is 5.36. The van der Waals surface area contributed by atoms with Gasteiger partial charge in [-0.2, -0.15) is 0 Å². The second-order valence-corrected chi connectivity index (χ2v) is 8.43. The highest BCUT2D eigenvalue weighted by atomic mass is 16.5. The molecule has 138 valence electrons. The number of aryl methyl sites for hydroxylation is 1. The molecule has 1 saturated carbocycles. The Labute approximate surface area is 152 Å². The van der Waals surface area contributed by atoms with E-state index in [9.17, 15) is 0 Å². The second-order valence-electron chi connectivity index (χ2n) is 8.43. The molecule has 4 heteroatoms. The van der Waals surface area contributed by atoms with E-state index in [1.165, 1.54) is 76.1 Å². The van der Waals surface area contributed by atoms with Crippen molar-refractivity contribution in [2.45, 2.75) is 45.2 Å². The molecule has 0 amide bonds. The van der Waals surface area contributed by atoms with Crippen LogP contribution in [0.15, 0.2) is 18.2 Å². The van der Waals surface area contributed by atoms with Crippen molar-refractivity contribution in [2.24, 2.45) is 5.41 Å². The van der Waals surface area contributed by atoms with Gasteiger partial charge in [0.25, 0.3) is 0 Å². The molecular weight excluding hydrogens is 310 g/mol. The van der Waals surface area contributed by atoms with E-state index >= 15 is 0 Å². The van der Waals surface area contributed by atoms with Gasteiger partial charge in [-0.1, -0.05) is 12.1 Å². The van der Waals surface area contributed by atoms with Crippen molar-refractivity contribution in [1.82, 2.24) is 15.1 Å². The Kier molecular flexibility index (Phi) is 5.03. The van der Waals surface area contributed by atoms with Gasteiger partial charge in [0.1, 0.15) is 5.75 Å². The van der Waals surface area contributed by atoms with Crippen molar-refractivity contribution >= 4 is 0 Å². The van der Waals surface area contributed by atoms with Crippen molar-refractivity contribution in [3.05, 3.63) is 29.3 Å². The fourth-order valence-corrected chi connectivity index (χ4v) is 5.07. The minimum Gasteiger partial charge on any atom is -0.496 e. The topological polar surface area (TPSA) is 27.7 Å². The maximum atomic E-state index is 5.47. The van der Waals surface area contributed by atoms with Crippen molar-refractivity contribution in [1.29, 1.82) is 0 Å². The third-order valence-electron chi connectivity index (χ3n) is 6.80. The van der Waals surface area contributed by atoms with E-state index in [2.05, 4.69) is 40.2 Å². The number of piperidine rings is 1. The van der Waals surface area contributed by atoms with Crippen LogP contribution in [-0.4, -0.2) is 62.2 Å². The minimum atomic E-state index is 0.700. The fraction of sp³-hybridized carbons (Fsp3) is 0.714. The van der Waals surface area contributed by atoms with Crippen molar-refractivity contribution in [3.63, 3.8) is 0 Å². The lowest BCUT2D eigenvalue weighted by atomic mass is 9.60. The standard InChI is InChI=1S/C21H33N3O/c1-17-3-4-18(13-20(17)25-2)16-23-9-11-24(12-10-23)19-14-21(15-19)5-7-22-8-6-21/h3-4,13,19,22H,5-12,14-16H2,1-2H3. The van der Waals surface area contributed by atoms with Crippen molar-refractivity contribution < 1.29 is 4.74 Å². The molecule has 0 radical (unpaired) electrons. The summed E-state index contributed by atoms with van der Waals surface area (Å²) in [6, 6.07) is 7.49. The average Bonchev–Trinajstić information content (AvgIpc) is 2.63. The third-order valence-corrected chi connectivity index (χ3v) is 6.80. The van der Waals surface area contributed by atoms with Gasteiger partial charge in [0.15, 0.2) is 0 Å². The van der Waals surface area contributed by atoms with Gasteiger partial charge in [-0.15, -0.1) is 0 Å². The molecule has 3 fully saturated rings. The van der Waals surface area contributed by atoms with Gasteiger partial charge in [0, 0.05) is 38.8 Å². The summed E-state index contributed by atoms with van der Waals surface area (Å²) in [5.41, 5.74) is 3.28. The zero-order valence-corrected chi connectivity index (χ0v) is 15.9. The molecule has 3 aliphatic rings. The van der Waals surface area contributed by atoms with Crippen LogP contribution in [0.5, 0.6) is 5.75 Å². The lowest BCUT2D eigenvalue weighted by Crippen LogP contribution is -2.58. The summed E-state index contributed by atoms with van der Waals surface area (Å²) in [5.74, 6) is 1.01. The van der Waals surface area contributed by atoms with Crippen LogP contribution in [0.4, 0.5) is 0 Å². The Morgan fingerprint density at radius 2 is 1.84 bits per heavy atom. The van der Waals surface area contributed by atoms with Crippen molar-refractivity contribution in [3.8, 4) is 5.75 Å². The largest absolute Gasteiger partial charge is 0.496 e. The van der Waals surface area contributed by atoms with Gasteiger partial charge in [-0.3, -0.25) is 9.80 Å². The predicted molar refractivity (Wildman–Crippen MR) is 102 cm³/mol. The molecule has 1 aliphatic carbocycles. The first-order valence-electron chi connectivity index (χ1n) is 9.98. The number of methoxy groups -OCH3 is 1. The minimum absolute atomic E-state index is 0.700. The molecule has 2 saturated heterocycles. The molecule has 0 unspecified atom stereocenters. The number of hydrogen-bond donors (Lipinski definition) is 1. The molecule has 1 N–H and O–H groups in total. The monoisotopic (exact) mass is 343 g/mol. The van der Waals surface area contributed by atoms with E-state index in [1.807, 2.05) is 0 Å². The molecule has 1 aromatic rings. The second kappa shape index (κ2) is 7.26. The molecular formula is C21H33N3O. The summed E-state index contributed by atoms with van der Waals surface area (Å²) in [7, 11) is 1.76. The summed E-state index contributed by atoms with van der Waals surface area (Å²) < 4.78 is 5.47. The maximum absolute atomic E-state index is 5.47. The van der Waals surface area contributed by atoms with Gasteiger partial charge >= 0.3 is 0 Å². The Morgan fingerprint density at radius 1 is 1.12 bits per heavy atom. The highest BCUT2D eigenvalue weighted by Crippen LogP contribution is 2.49. The van der Waals surface area contributed by atoms with Crippen LogP contribution >= 0.6 is 0 Å². The van der Waals surface area contributed by atoms with Crippen LogP contribution in [0.25, 0.3) is 0 Å². The van der Waals surface area contributed by atoms with Crippen LogP contribution in [0, 0.1) is 12.3 Å². The Bertz CT molecular complexity index is 581. The van der Waals surface area contributed by atoms with E-state index < -0.39 is 0 Å². The number of benzene rings is 1. The highest BCUT2D eigenvalue weighted by Gasteiger charge is 2.46. The van der Waals surface area contributed by atoms with E-state index in [4.69, 9.17) is 4.74 Å². The maximum Gasteiger partial charge on any atom is 0.122 e. The van der Waals surface area contributed by atoms with Gasteiger partial charge in [0.05, 0.1) is 7.11 Å². The predicted octanol–water partition coefficient (Wildman–Crippen LogP) is 2.65. The number of hydrogen-bond acceptors (Lipinski definition) is 4. The summed E-state index contributed by atoms with van der Waals surface area (Å²) in [4.78, 5) is 5.36. The number of ether oxygens (including phenoxy) is 1. The number of rotatable bonds is 4. The van der Waals surface area contributed by atoms with Gasteiger partial charge in [0.2, 0.25) is 0 Å². The number of piperazine rings is 1. The normalized spacial score (nSPS) is 25.0. The Morgan fingerprint density at radius 3 is 2.52 bits per heavy atom. The summed E-state index contributed by atoms with van der Waals surface area (Å²) in [5, 5.41) is 3.51. The number of nitrogens with zero attached hydrogens (tertiary/aromatic N) is 2. The molecule has 2 aliphatic heterocycles. The molecule has 1 aromatic carbocycles. The van der Waals surface area contributed by atoms with E-state index in [0.29, 0.717) is 5.41 Å². The smallest absolute Gasteiger partial charge is 0.122 e. The molecule has 1 spiro atoms. The first-order valence-corrected chi connectivity index (χ1v) is 9.98. The first-order chi connectivity index (χ1) is 12.2. The van der Waals surface area contributed by atoms with Gasteiger partial charge in [-0.05, 0) is 68.3 Å². The third kappa shape index (κ3) is 3.71.